The first-order valence-electron chi connectivity index (χ1n) is 3.67. The minimum Gasteiger partial charge on any atom is -0.494 e. The van der Waals surface area contributed by atoms with E-state index in [1.165, 1.54) is 13.2 Å². The van der Waals surface area contributed by atoms with Gasteiger partial charge < -0.3 is 10.5 Å². The molecule has 0 aliphatic rings. The van der Waals surface area contributed by atoms with Crippen molar-refractivity contribution in [3.63, 3.8) is 0 Å². The zero-order chi connectivity index (χ0) is 10.7. The Kier molecular flexibility index (Phi) is 2.66. The monoisotopic (exact) mass is 196 g/mol. The Hall–Kier alpha value is -2.11. The molecule has 0 saturated carbocycles. The lowest BCUT2D eigenvalue weighted by molar-refractivity contribution is -0.385. The number of benzene rings is 1. The molecule has 0 aliphatic carbocycles. The van der Waals surface area contributed by atoms with E-state index in [0.717, 1.165) is 6.07 Å². The molecule has 6 heteroatoms. The Balaban J connectivity index is 3.39. The number of nitrogen functional groups attached to an aromatic ring is 1. The number of rotatable bonds is 3. The zero-order valence-corrected chi connectivity index (χ0v) is 7.39. The minimum atomic E-state index is -0.661. The number of methoxy groups -OCH3 is 1. The summed E-state index contributed by atoms with van der Waals surface area (Å²) in [5.41, 5.74) is 5.29. The SMILES string of the molecule is COc1cc([N+](=O)[O-])c(C=O)cc1N. The van der Waals surface area contributed by atoms with Gasteiger partial charge in [0.25, 0.3) is 5.69 Å². The molecule has 0 aliphatic heterocycles. The number of nitrogens with two attached hydrogens (primary N) is 1. The van der Waals surface area contributed by atoms with E-state index in [-0.39, 0.29) is 22.7 Å². The van der Waals surface area contributed by atoms with E-state index >= 15 is 0 Å². The molecule has 0 radical (unpaired) electrons. The predicted octanol–water partition coefficient (Wildman–Crippen LogP) is 0.998. The third-order valence-corrected chi connectivity index (χ3v) is 1.70. The van der Waals surface area contributed by atoms with Crippen molar-refractivity contribution in [2.24, 2.45) is 0 Å². The van der Waals surface area contributed by atoms with Crippen LogP contribution in [-0.4, -0.2) is 18.3 Å². The summed E-state index contributed by atoms with van der Waals surface area (Å²) in [5.74, 6) is 0.183. The zero-order valence-electron chi connectivity index (χ0n) is 7.39. The van der Waals surface area contributed by atoms with Crippen LogP contribution in [0.5, 0.6) is 5.75 Å². The quantitative estimate of drug-likeness (QED) is 0.336. The van der Waals surface area contributed by atoms with Gasteiger partial charge in [-0.25, -0.2) is 0 Å². The average molecular weight is 196 g/mol. The maximum absolute atomic E-state index is 10.5. The molecule has 1 aromatic rings. The van der Waals surface area contributed by atoms with Crippen LogP contribution in [-0.2, 0) is 0 Å². The van der Waals surface area contributed by atoms with Crippen LogP contribution in [0.3, 0.4) is 0 Å². The number of anilines is 1. The lowest BCUT2D eigenvalue weighted by Gasteiger charge is -2.04. The van der Waals surface area contributed by atoms with Crippen LogP contribution >= 0.6 is 0 Å². The topological polar surface area (TPSA) is 95.5 Å². The van der Waals surface area contributed by atoms with Crippen LogP contribution in [0.4, 0.5) is 11.4 Å². The van der Waals surface area contributed by atoms with Gasteiger partial charge in [-0.1, -0.05) is 0 Å². The number of nitro benzene ring substituents is 1. The fourth-order valence-corrected chi connectivity index (χ4v) is 1.03. The Morgan fingerprint density at radius 1 is 1.57 bits per heavy atom. The molecular weight excluding hydrogens is 188 g/mol. The van der Waals surface area contributed by atoms with Crippen molar-refractivity contribution in [1.82, 2.24) is 0 Å². The third kappa shape index (κ3) is 1.63. The molecule has 0 saturated heterocycles. The molecule has 0 unspecified atom stereocenters. The van der Waals surface area contributed by atoms with E-state index in [1.807, 2.05) is 0 Å². The Labute approximate surface area is 79.4 Å². The average Bonchev–Trinajstić information content (AvgIpc) is 2.16. The van der Waals surface area contributed by atoms with Crippen molar-refractivity contribution in [2.45, 2.75) is 0 Å². The van der Waals surface area contributed by atoms with Gasteiger partial charge in [-0.2, -0.15) is 0 Å². The van der Waals surface area contributed by atoms with Crippen molar-refractivity contribution in [3.8, 4) is 5.75 Å². The van der Waals surface area contributed by atoms with Gasteiger partial charge in [-0.3, -0.25) is 14.9 Å². The number of carbonyl (C=O) groups excluding carboxylic acids is 1. The summed E-state index contributed by atoms with van der Waals surface area (Å²) in [7, 11) is 1.34. The largest absolute Gasteiger partial charge is 0.494 e. The highest BCUT2D eigenvalue weighted by molar-refractivity contribution is 5.84. The predicted molar refractivity (Wildman–Crippen MR) is 49.4 cm³/mol. The Morgan fingerprint density at radius 2 is 2.21 bits per heavy atom. The van der Waals surface area contributed by atoms with Crippen molar-refractivity contribution in [3.05, 3.63) is 27.8 Å². The fourth-order valence-electron chi connectivity index (χ4n) is 1.03. The molecule has 14 heavy (non-hydrogen) atoms. The van der Waals surface area contributed by atoms with E-state index in [9.17, 15) is 14.9 Å². The first-order chi connectivity index (χ1) is 6.60. The molecule has 0 spiro atoms. The van der Waals surface area contributed by atoms with Gasteiger partial charge in [0, 0.05) is 0 Å². The van der Waals surface area contributed by atoms with E-state index in [4.69, 9.17) is 10.5 Å². The van der Waals surface area contributed by atoms with E-state index in [2.05, 4.69) is 0 Å². The van der Waals surface area contributed by atoms with Crippen LogP contribution in [0.1, 0.15) is 10.4 Å². The number of carbonyl (C=O) groups is 1. The second-order valence-corrected chi connectivity index (χ2v) is 2.53. The van der Waals surface area contributed by atoms with Crippen LogP contribution < -0.4 is 10.5 Å². The lowest BCUT2D eigenvalue weighted by atomic mass is 10.1. The Morgan fingerprint density at radius 3 is 2.64 bits per heavy atom. The minimum absolute atomic E-state index is 0.0618. The van der Waals surface area contributed by atoms with E-state index in [1.54, 1.807) is 0 Å². The standard InChI is InChI=1S/C8H8N2O4/c1-14-8-3-7(10(12)13)5(4-11)2-6(8)9/h2-4H,9H2,1H3. The van der Waals surface area contributed by atoms with Crippen molar-refractivity contribution in [2.75, 3.05) is 12.8 Å². The highest BCUT2D eigenvalue weighted by Gasteiger charge is 2.16. The molecule has 0 amide bonds. The maximum atomic E-state index is 10.5. The fraction of sp³-hybridized carbons (Fsp3) is 0.125. The molecule has 0 bridgehead atoms. The van der Waals surface area contributed by atoms with Crippen LogP contribution in [0.25, 0.3) is 0 Å². The molecule has 2 N–H and O–H groups in total. The number of hydrogen-bond donors (Lipinski definition) is 1. The first-order valence-corrected chi connectivity index (χ1v) is 3.67. The summed E-state index contributed by atoms with van der Waals surface area (Å²) in [4.78, 5) is 20.3. The van der Waals surface area contributed by atoms with Crippen molar-refractivity contribution >= 4 is 17.7 Å². The molecule has 74 valence electrons. The maximum Gasteiger partial charge on any atom is 0.283 e. The third-order valence-electron chi connectivity index (χ3n) is 1.70. The van der Waals surface area contributed by atoms with E-state index in [0.29, 0.717) is 6.29 Å². The number of hydrogen-bond acceptors (Lipinski definition) is 5. The highest BCUT2D eigenvalue weighted by atomic mass is 16.6. The smallest absolute Gasteiger partial charge is 0.283 e. The number of aldehydes is 1. The number of nitrogens with zero attached hydrogens (tertiary/aromatic N) is 1. The summed E-state index contributed by atoms with van der Waals surface area (Å²) >= 11 is 0. The van der Waals surface area contributed by atoms with Crippen molar-refractivity contribution < 1.29 is 14.5 Å². The molecule has 1 aromatic carbocycles. The van der Waals surface area contributed by atoms with Gasteiger partial charge in [-0.05, 0) is 6.07 Å². The molecule has 0 fully saturated rings. The molecule has 6 nitrogen and oxygen atoms in total. The van der Waals surface area contributed by atoms with Crippen LogP contribution in [0.15, 0.2) is 12.1 Å². The van der Waals surface area contributed by atoms with E-state index < -0.39 is 4.92 Å². The van der Waals surface area contributed by atoms with Crippen molar-refractivity contribution in [1.29, 1.82) is 0 Å². The normalized spacial score (nSPS) is 9.50. The molecule has 0 heterocycles. The number of ether oxygens (including phenoxy) is 1. The van der Waals surface area contributed by atoms with Gasteiger partial charge in [0.05, 0.1) is 29.4 Å². The second-order valence-electron chi connectivity index (χ2n) is 2.53. The van der Waals surface area contributed by atoms with Gasteiger partial charge in [0.1, 0.15) is 5.75 Å². The molecule has 1 rings (SSSR count). The summed E-state index contributed by atoms with van der Waals surface area (Å²) in [6.45, 7) is 0. The summed E-state index contributed by atoms with van der Waals surface area (Å²) < 4.78 is 4.79. The highest BCUT2D eigenvalue weighted by Crippen LogP contribution is 2.29. The van der Waals surface area contributed by atoms with Gasteiger partial charge >= 0.3 is 0 Å². The number of nitro groups is 1. The summed E-state index contributed by atoms with van der Waals surface area (Å²) in [6, 6.07) is 2.34. The molecule has 0 aromatic heterocycles. The molecule has 0 atom stereocenters. The first kappa shape index (κ1) is 9.97. The van der Waals surface area contributed by atoms with Crippen LogP contribution in [0, 0.1) is 10.1 Å². The second kappa shape index (κ2) is 3.73. The lowest BCUT2D eigenvalue weighted by Crippen LogP contribution is -1.99. The molecular formula is C8H8N2O4. The Bertz CT molecular complexity index is 389. The summed E-state index contributed by atoms with van der Waals surface area (Å²) in [5, 5.41) is 10.5. The summed E-state index contributed by atoms with van der Waals surface area (Å²) in [6.07, 6.45) is 0.383. The van der Waals surface area contributed by atoms with Crippen LogP contribution in [0.2, 0.25) is 0 Å². The van der Waals surface area contributed by atoms with Gasteiger partial charge in [-0.15, -0.1) is 0 Å². The van der Waals surface area contributed by atoms with Gasteiger partial charge in [0.15, 0.2) is 6.29 Å². The van der Waals surface area contributed by atoms with Gasteiger partial charge in [0.2, 0.25) is 0 Å².